The molecule has 3 nitrogen and oxygen atoms in total. The summed E-state index contributed by atoms with van der Waals surface area (Å²) < 4.78 is 6.30. The molecule has 0 amide bonds. The van der Waals surface area contributed by atoms with Crippen molar-refractivity contribution < 1.29 is 4.42 Å². The highest BCUT2D eigenvalue weighted by Crippen LogP contribution is 2.59. The van der Waals surface area contributed by atoms with Gasteiger partial charge in [0, 0.05) is 27.5 Å². The van der Waals surface area contributed by atoms with Crippen molar-refractivity contribution in [2.24, 2.45) is 0 Å². The minimum atomic E-state index is -0.433. The zero-order valence-electron chi connectivity index (χ0n) is 27.7. The van der Waals surface area contributed by atoms with Crippen LogP contribution >= 0.6 is 0 Å². The van der Waals surface area contributed by atoms with Gasteiger partial charge < -0.3 is 4.42 Å². The summed E-state index contributed by atoms with van der Waals surface area (Å²) in [6, 6.07) is 61.0. The number of para-hydroxylation sites is 1. The normalized spacial score (nSPS) is 13.6. The maximum atomic E-state index is 6.30. The summed E-state index contributed by atoms with van der Waals surface area (Å²) in [4.78, 5) is 10.4. The van der Waals surface area contributed by atoms with Crippen molar-refractivity contribution >= 4 is 21.9 Å². The highest BCUT2D eigenvalue weighted by molar-refractivity contribution is 6.05. The molecule has 0 atom stereocenters. The number of rotatable bonds is 3. The Morgan fingerprint density at radius 1 is 0.412 bits per heavy atom. The van der Waals surface area contributed by atoms with Crippen LogP contribution in [0.25, 0.3) is 67.0 Å². The molecule has 0 radical (unpaired) electrons. The van der Waals surface area contributed by atoms with Gasteiger partial charge in [-0.25, -0.2) is 9.97 Å². The second kappa shape index (κ2) is 10.7. The van der Waals surface area contributed by atoms with E-state index in [-0.39, 0.29) is 0 Å². The predicted molar refractivity (Wildman–Crippen MR) is 206 cm³/mol. The average molecular weight is 651 g/mol. The summed E-state index contributed by atoms with van der Waals surface area (Å²) in [6.07, 6.45) is 0.889. The van der Waals surface area contributed by atoms with Crippen LogP contribution in [0.4, 0.5) is 0 Å². The molecule has 0 aliphatic heterocycles. The molecular weight excluding hydrogens is 621 g/mol. The van der Waals surface area contributed by atoms with E-state index in [1.807, 2.05) is 30.3 Å². The van der Waals surface area contributed by atoms with Crippen molar-refractivity contribution in [2.75, 3.05) is 0 Å². The molecule has 1 spiro atoms. The molecule has 2 heterocycles. The van der Waals surface area contributed by atoms with E-state index in [4.69, 9.17) is 14.4 Å². The smallest absolute Gasteiger partial charge is 0.160 e. The third-order valence-electron chi connectivity index (χ3n) is 11.0. The Labute approximate surface area is 295 Å². The van der Waals surface area contributed by atoms with E-state index in [0.717, 1.165) is 56.4 Å². The number of benzene rings is 7. The van der Waals surface area contributed by atoms with Gasteiger partial charge in [-0.15, -0.1) is 0 Å². The molecule has 2 aliphatic rings. The van der Waals surface area contributed by atoms with Crippen LogP contribution < -0.4 is 0 Å². The summed E-state index contributed by atoms with van der Waals surface area (Å²) in [7, 11) is 0. The summed E-state index contributed by atoms with van der Waals surface area (Å²) >= 11 is 0. The molecule has 2 aliphatic carbocycles. The van der Waals surface area contributed by atoms with Gasteiger partial charge >= 0.3 is 0 Å². The van der Waals surface area contributed by atoms with Crippen molar-refractivity contribution in [1.82, 2.24) is 9.97 Å². The first kappa shape index (κ1) is 28.3. The van der Waals surface area contributed by atoms with Crippen LogP contribution in [0.5, 0.6) is 0 Å². The van der Waals surface area contributed by atoms with Gasteiger partial charge in [0.25, 0.3) is 0 Å². The molecule has 0 N–H and O–H groups in total. The lowest BCUT2D eigenvalue weighted by Gasteiger charge is -2.40. The lowest BCUT2D eigenvalue weighted by molar-refractivity contribution is 0.669. The van der Waals surface area contributed by atoms with Gasteiger partial charge in [0.2, 0.25) is 0 Å². The Hall–Kier alpha value is -6.58. The van der Waals surface area contributed by atoms with Crippen molar-refractivity contribution in [1.29, 1.82) is 0 Å². The average Bonchev–Trinajstić information content (AvgIpc) is 3.72. The molecule has 0 fully saturated rings. The molecular formula is C48H30N2O. The maximum absolute atomic E-state index is 6.30. The van der Waals surface area contributed by atoms with Gasteiger partial charge in [-0.3, -0.25) is 0 Å². The summed E-state index contributed by atoms with van der Waals surface area (Å²) in [6.45, 7) is 0. The van der Waals surface area contributed by atoms with Crippen LogP contribution in [0.2, 0.25) is 0 Å². The van der Waals surface area contributed by atoms with Crippen LogP contribution in [0.15, 0.2) is 174 Å². The van der Waals surface area contributed by atoms with Gasteiger partial charge in [-0.2, -0.15) is 0 Å². The van der Waals surface area contributed by atoms with Crippen LogP contribution in [0, 0.1) is 0 Å². The Balaban J connectivity index is 1.15. The van der Waals surface area contributed by atoms with E-state index in [9.17, 15) is 0 Å². The molecule has 7 aromatic carbocycles. The van der Waals surface area contributed by atoms with Crippen molar-refractivity contribution in [3.8, 4) is 45.0 Å². The zero-order valence-corrected chi connectivity index (χ0v) is 27.7. The maximum Gasteiger partial charge on any atom is 0.160 e. The number of hydrogen-bond donors (Lipinski definition) is 0. The standard InChI is InChI=1S/C48H30N2O/c1-2-12-30(13-3-1)47-49-43(29-44(50-47)34-24-25-38-37-17-7-11-21-45(37)51-46(38)28-34)33-23-22-32-26-31-14-4-8-18-39(31)48(42(32)27-33)40-19-9-5-15-35(40)36-16-6-10-20-41(36)48/h1-25,27-29H,26H2. The second-order valence-corrected chi connectivity index (χ2v) is 13.7. The molecule has 0 unspecified atom stereocenters. The minimum absolute atomic E-state index is 0.433. The molecule has 3 heteroatoms. The van der Waals surface area contributed by atoms with Gasteiger partial charge in [0.15, 0.2) is 5.82 Å². The fourth-order valence-corrected chi connectivity index (χ4v) is 8.79. The van der Waals surface area contributed by atoms with E-state index in [0.29, 0.717) is 5.82 Å². The summed E-state index contributed by atoms with van der Waals surface area (Å²) in [5.41, 5.74) is 16.8. The molecule has 9 aromatic rings. The molecule has 2 aromatic heterocycles. The molecule has 51 heavy (non-hydrogen) atoms. The SMILES string of the molecule is c1ccc(-c2nc(-c3ccc4c(c3)C3(c5ccccc5C4)c4ccccc4-c4ccccc43)cc(-c3ccc4c(c3)oc3ccccc34)n2)cc1. The second-order valence-electron chi connectivity index (χ2n) is 13.7. The predicted octanol–water partition coefficient (Wildman–Crippen LogP) is 11.6. The van der Waals surface area contributed by atoms with E-state index in [1.165, 1.54) is 44.5 Å². The number of fused-ring (bicyclic) bond motifs is 12. The Morgan fingerprint density at radius 2 is 1.00 bits per heavy atom. The minimum Gasteiger partial charge on any atom is -0.456 e. The largest absolute Gasteiger partial charge is 0.456 e. The monoisotopic (exact) mass is 650 g/mol. The van der Waals surface area contributed by atoms with Gasteiger partial charge in [0.1, 0.15) is 11.2 Å². The van der Waals surface area contributed by atoms with E-state index in [1.54, 1.807) is 0 Å². The topological polar surface area (TPSA) is 38.9 Å². The lowest BCUT2D eigenvalue weighted by atomic mass is 9.61. The first-order valence-corrected chi connectivity index (χ1v) is 17.5. The third kappa shape index (κ3) is 4.06. The Bertz CT molecular complexity index is 2800. The van der Waals surface area contributed by atoms with Gasteiger partial charge in [-0.1, -0.05) is 140 Å². The van der Waals surface area contributed by atoms with Gasteiger partial charge in [0.05, 0.1) is 16.8 Å². The van der Waals surface area contributed by atoms with Crippen molar-refractivity contribution in [3.63, 3.8) is 0 Å². The first-order valence-electron chi connectivity index (χ1n) is 17.5. The fourth-order valence-electron chi connectivity index (χ4n) is 8.79. The van der Waals surface area contributed by atoms with Crippen molar-refractivity contribution in [3.05, 3.63) is 203 Å². The quantitative estimate of drug-likeness (QED) is 0.191. The first-order chi connectivity index (χ1) is 25.3. The Morgan fingerprint density at radius 3 is 1.78 bits per heavy atom. The van der Waals surface area contributed by atoms with Crippen LogP contribution in [-0.2, 0) is 11.8 Å². The molecule has 0 saturated carbocycles. The van der Waals surface area contributed by atoms with Crippen molar-refractivity contribution in [2.45, 2.75) is 11.8 Å². The number of furan rings is 1. The fraction of sp³-hybridized carbons (Fsp3) is 0.0417. The summed E-state index contributed by atoms with van der Waals surface area (Å²) in [5.74, 6) is 0.696. The molecule has 0 saturated heterocycles. The van der Waals surface area contributed by atoms with Crippen LogP contribution in [0.3, 0.4) is 0 Å². The number of hydrogen-bond acceptors (Lipinski definition) is 3. The molecule has 238 valence electrons. The molecule has 0 bridgehead atoms. The van der Waals surface area contributed by atoms with E-state index < -0.39 is 5.41 Å². The third-order valence-corrected chi connectivity index (χ3v) is 11.0. The highest BCUT2D eigenvalue weighted by atomic mass is 16.3. The van der Waals surface area contributed by atoms with E-state index in [2.05, 4.69) is 140 Å². The molecule has 11 rings (SSSR count). The summed E-state index contributed by atoms with van der Waals surface area (Å²) in [5, 5.41) is 2.22. The van der Waals surface area contributed by atoms with Crippen LogP contribution in [0.1, 0.15) is 33.4 Å². The Kier molecular flexibility index (Phi) is 5.94. The number of nitrogens with zero attached hydrogens (tertiary/aromatic N) is 2. The van der Waals surface area contributed by atoms with E-state index >= 15 is 0 Å². The van der Waals surface area contributed by atoms with Gasteiger partial charge in [-0.05, 0) is 81.3 Å². The highest BCUT2D eigenvalue weighted by Gasteiger charge is 2.49. The lowest BCUT2D eigenvalue weighted by Crippen LogP contribution is -2.34. The number of aromatic nitrogens is 2. The van der Waals surface area contributed by atoms with Crippen LogP contribution in [-0.4, -0.2) is 9.97 Å². The zero-order chi connectivity index (χ0) is 33.5.